The van der Waals surface area contributed by atoms with E-state index in [9.17, 15) is 9.59 Å². The smallest absolute Gasteiger partial charge is 0.341 e. The van der Waals surface area contributed by atoms with Gasteiger partial charge in [0.2, 0.25) is 0 Å². The van der Waals surface area contributed by atoms with Crippen molar-refractivity contribution in [2.45, 2.75) is 12.2 Å². The molecule has 6 heteroatoms. The number of carboxylic acids is 1. The lowest BCUT2D eigenvalue weighted by Gasteiger charge is -2.00. The van der Waals surface area contributed by atoms with E-state index >= 15 is 0 Å². The molecule has 88 valence electrons. The van der Waals surface area contributed by atoms with Crippen molar-refractivity contribution < 1.29 is 23.8 Å². The van der Waals surface area contributed by atoms with Crippen molar-refractivity contribution in [1.29, 1.82) is 0 Å². The number of ether oxygens (including phenoxy) is 1. The van der Waals surface area contributed by atoms with Crippen LogP contribution in [0.3, 0.4) is 0 Å². The zero-order chi connectivity index (χ0) is 12.0. The van der Waals surface area contributed by atoms with Gasteiger partial charge in [0.25, 0.3) is 0 Å². The van der Waals surface area contributed by atoms with Crippen LogP contribution in [-0.2, 0) is 15.3 Å². The molecule has 0 atom stereocenters. The lowest BCUT2D eigenvalue weighted by atomic mass is 10.3. The summed E-state index contributed by atoms with van der Waals surface area (Å²) in [6.45, 7) is 0. The van der Waals surface area contributed by atoms with Crippen LogP contribution in [0, 0.1) is 0 Å². The standard InChI is InChI=1S/C10H12O5S/c1-14-10(13)7-2-4-15-8(7)6-16-5-3-9(11)12/h2,4H,3,5-6H2,1H3,(H,11,12). The summed E-state index contributed by atoms with van der Waals surface area (Å²) < 4.78 is 9.70. The van der Waals surface area contributed by atoms with Crippen LogP contribution in [0.5, 0.6) is 0 Å². The van der Waals surface area contributed by atoms with Crippen molar-refractivity contribution in [3.05, 3.63) is 23.7 Å². The van der Waals surface area contributed by atoms with Gasteiger partial charge in [0, 0.05) is 5.75 Å². The number of carboxylic acid groups (broad SMARTS) is 1. The van der Waals surface area contributed by atoms with Gasteiger partial charge in [-0.1, -0.05) is 0 Å². The Morgan fingerprint density at radius 1 is 1.56 bits per heavy atom. The Labute approximate surface area is 96.8 Å². The highest BCUT2D eigenvalue weighted by Gasteiger charge is 2.14. The normalized spacial score (nSPS) is 10.1. The molecule has 1 heterocycles. The van der Waals surface area contributed by atoms with Crippen LogP contribution in [0.1, 0.15) is 22.5 Å². The molecule has 0 aliphatic rings. The molecule has 0 saturated heterocycles. The van der Waals surface area contributed by atoms with Gasteiger partial charge < -0.3 is 14.3 Å². The maximum absolute atomic E-state index is 11.3. The van der Waals surface area contributed by atoms with Crippen LogP contribution in [0.25, 0.3) is 0 Å². The number of methoxy groups -OCH3 is 1. The van der Waals surface area contributed by atoms with Gasteiger partial charge in [-0.05, 0) is 6.07 Å². The monoisotopic (exact) mass is 244 g/mol. The molecule has 0 unspecified atom stereocenters. The van der Waals surface area contributed by atoms with Gasteiger partial charge in [0.15, 0.2) is 0 Å². The van der Waals surface area contributed by atoms with E-state index in [1.54, 1.807) is 6.07 Å². The van der Waals surface area contributed by atoms with E-state index in [1.165, 1.54) is 25.1 Å². The number of esters is 1. The fourth-order valence-electron chi connectivity index (χ4n) is 1.07. The first-order chi connectivity index (χ1) is 7.65. The Morgan fingerprint density at radius 3 is 2.94 bits per heavy atom. The number of hydrogen-bond acceptors (Lipinski definition) is 5. The number of furan rings is 1. The third-order valence-corrected chi connectivity index (χ3v) is 2.80. The summed E-state index contributed by atoms with van der Waals surface area (Å²) in [7, 11) is 1.30. The molecular weight excluding hydrogens is 232 g/mol. The highest BCUT2D eigenvalue weighted by atomic mass is 32.2. The van der Waals surface area contributed by atoms with Crippen LogP contribution >= 0.6 is 11.8 Å². The molecule has 0 fully saturated rings. The van der Waals surface area contributed by atoms with Crippen LogP contribution in [0.2, 0.25) is 0 Å². The molecule has 16 heavy (non-hydrogen) atoms. The molecule has 5 nitrogen and oxygen atoms in total. The average molecular weight is 244 g/mol. The van der Waals surface area contributed by atoms with Gasteiger partial charge >= 0.3 is 11.9 Å². The molecule has 0 spiro atoms. The minimum atomic E-state index is -0.833. The van der Waals surface area contributed by atoms with E-state index < -0.39 is 11.9 Å². The summed E-state index contributed by atoms with van der Waals surface area (Å²) in [4.78, 5) is 21.5. The summed E-state index contributed by atoms with van der Waals surface area (Å²) in [5.74, 6) is 0.186. The largest absolute Gasteiger partial charge is 0.481 e. The van der Waals surface area contributed by atoms with Crippen molar-refractivity contribution in [3.63, 3.8) is 0 Å². The maximum atomic E-state index is 11.3. The Balaban J connectivity index is 2.45. The molecule has 1 rings (SSSR count). The van der Waals surface area contributed by atoms with Crippen LogP contribution < -0.4 is 0 Å². The van der Waals surface area contributed by atoms with Crippen molar-refractivity contribution in [3.8, 4) is 0 Å². The van der Waals surface area contributed by atoms with Crippen LogP contribution in [0.4, 0.5) is 0 Å². The summed E-state index contributed by atoms with van der Waals surface area (Å²) in [5, 5.41) is 8.44. The average Bonchev–Trinajstić information content (AvgIpc) is 2.71. The molecule has 1 aromatic rings. The van der Waals surface area contributed by atoms with Gasteiger partial charge in [0.1, 0.15) is 11.3 Å². The first-order valence-corrected chi connectivity index (χ1v) is 5.75. The Morgan fingerprint density at radius 2 is 2.31 bits per heavy atom. The highest BCUT2D eigenvalue weighted by Crippen LogP contribution is 2.19. The van der Waals surface area contributed by atoms with Crippen molar-refractivity contribution in [2.75, 3.05) is 12.9 Å². The van der Waals surface area contributed by atoms with Gasteiger partial charge in [-0.25, -0.2) is 4.79 Å². The van der Waals surface area contributed by atoms with Gasteiger partial charge in [-0.2, -0.15) is 11.8 Å². The molecule has 0 radical (unpaired) electrons. The fraction of sp³-hybridized carbons (Fsp3) is 0.400. The third kappa shape index (κ3) is 3.62. The fourth-order valence-corrected chi connectivity index (χ4v) is 1.94. The quantitative estimate of drug-likeness (QED) is 0.607. The molecule has 0 amide bonds. The SMILES string of the molecule is COC(=O)c1ccoc1CSCCC(=O)O. The number of hydrogen-bond donors (Lipinski definition) is 1. The maximum Gasteiger partial charge on any atom is 0.341 e. The topological polar surface area (TPSA) is 76.7 Å². The number of carbonyl (C=O) groups excluding carboxylic acids is 1. The Bertz CT molecular complexity index is 371. The van der Waals surface area contributed by atoms with Crippen molar-refractivity contribution in [2.24, 2.45) is 0 Å². The van der Waals surface area contributed by atoms with Gasteiger partial charge in [-0.15, -0.1) is 0 Å². The number of rotatable bonds is 6. The van der Waals surface area contributed by atoms with E-state index in [4.69, 9.17) is 9.52 Å². The molecule has 0 aliphatic carbocycles. The van der Waals surface area contributed by atoms with Crippen molar-refractivity contribution in [1.82, 2.24) is 0 Å². The first-order valence-electron chi connectivity index (χ1n) is 4.59. The van der Waals surface area contributed by atoms with E-state index in [0.29, 0.717) is 22.8 Å². The van der Waals surface area contributed by atoms with Crippen LogP contribution in [-0.4, -0.2) is 29.9 Å². The van der Waals surface area contributed by atoms with E-state index in [1.807, 2.05) is 0 Å². The zero-order valence-corrected chi connectivity index (χ0v) is 9.58. The molecule has 0 saturated carbocycles. The minimum absolute atomic E-state index is 0.0962. The first kappa shape index (κ1) is 12.6. The number of carbonyl (C=O) groups is 2. The number of thioether (sulfide) groups is 1. The molecule has 0 aliphatic heterocycles. The van der Waals surface area contributed by atoms with Crippen LogP contribution in [0.15, 0.2) is 16.7 Å². The molecule has 0 bridgehead atoms. The lowest BCUT2D eigenvalue weighted by molar-refractivity contribution is -0.136. The Hall–Kier alpha value is -1.43. The molecule has 1 N–H and O–H groups in total. The lowest BCUT2D eigenvalue weighted by Crippen LogP contribution is -2.02. The van der Waals surface area contributed by atoms with Crippen molar-refractivity contribution >= 4 is 23.7 Å². The second kappa shape index (κ2) is 6.22. The zero-order valence-electron chi connectivity index (χ0n) is 8.76. The highest BCUT2D eigenvalue weighted by molar-refractivity contribution is 7.98. The predicted octanol–water partition coefficient (Wildman–Crippen LogP) is 1.77. The molecule has 0 aromatic carbocycles. The third-order valence-electron chi connectivity index (χ3n) is 1.84. The molecule has 1 aromatic heterocycles. The molecular formula is C10H12O5S. The number of aliphatic carboxylic acids is 1. The predicted molar refractivity (Wildman–Crippen MR) is 58.5 cm³/mol. The van der Waals surface area contributed by atoms with Gasteiger partial charge in [0.05, 0.1) is 25.5 Å². The second-order valence-corrected chi connectivity index (χ2v) is 4.05. The summed E-state index contributed by atoms with van der Waals surface area (Å²) in [5.41, 5.74) is 0.394. The summed E-state index contributed by atoms with van der Waals surface area (Å²) in [6.07, 6.45) is 1.51. The summed E-state index contributed by atoms with van der Waals surface area (Å²) >= 11 is 1.40. The van der Waals surface area contributed by atoms with E-state index in [2.05, 4.69) is 4.74 Å². The Kier molecular flexibility index (Phi) is 4.91. The minimum Gasteiger partial charge on any atom is -0.481 e. The van der Waals surface area contributed by atoms with Gasteiger partial charge in [-0.3, -0.25) is 4.79 Å². The van der Waals surface area contributed by atoms with E-state index in [0.717, 1.165) is 0 Å². The summed E-state index contributed by atoms with van der Waals surface area (Å²) in [6, 6.07) is 1.54. The second-order valence-electron chi connectivity index (χ2n) is 2.95. The van der Waals surface area contributed by atoms with E-state index in [-0.39, 0.29) is 6.42 Å².